The van der Waals surface area contributed by atoms with Crippen LogP contribution >= 0.6 is 0 Å². The molecule has 0 saturated carbocycles. The van der Waals surface area contributed by atoms with Crippen LogP contribution in [-0.4, -0.2) is 9.55 Å². The van der Waals surface area contributed by atoms with Gasteiger partial charge in [0.2, 0.25) is 0 Å². The Balaban J connectivity index is 2.22. The molecule has 21 heavy (non-hydrogen) atoms. The van der Waals surface area contributed by atoms with Gasteiger partial charge in [0.05, 0.1) is 11.0 Å². The van der Waals surface area contributed by atoms with E-state index in [1.807, 2.05) is 24.3 Å². The Kier molecular flexibility index (Phi) is 3.47. The van der Waals surface area contributed by atoms with Gasteiger partial charge in [0, 0.05) is 24.2 Å². The lowest BCUT2D eigenvalue weighted by molar-refractivity contribution is 0.620. The molecule has 3 nitrogen and oxygen atoms in total. The molecule has 0 aliphatic carbocycles. The summed E-state index contributed by atoms with van der Waals surface area (Å²) in [4.78, 5) is 4.61. The molecule has 2 N–H and O–H groups in total. The van der Waals surface area contributed by atoms with Gasteiger partial charge in [-0.05, 0) is 31.5 Å². The van der Waals surface area contributed by atoms with E-state index in [9.17, 15) is 4.39 Å². The zero-order valence-corrected chi connectivity index (χ0v) is 12.2. The Morgan fingerprint density at radius 3 is 2.48 bits per heavy atom. The summed E-state index contributed by atoms with van der Waals surface area (Å²) in [6.07, 6.45) is 0. The van der Waals surface area contributed by atoms with Crippen LogP contribution in [0.1, 0.15) is 25.5 Å². The Bertz CT molecular complexity index is 773. The second-order valence-corrected chi connectivity index (χ2v) is 5.43. The van der Waals surface area contributed by atoms with E-state index in [-0.39, 0.29) is 11.9 Å². The number of hydrogen-bond donors (Lipinski definition) is 1. The molecular weight excluding hydrogens is 265 g/mol. The highest BCUT2D eigenvalue weighted by Gasteiger charge is 2.15. The van der Waals surface area contributed by atoms with Crippen LogP contribution in [0.3, 0.4) is 0 Å². The van der Waals surface area contributed by atoms with Crippen molar-refractivity contribution in [2.75, 3.05) is 0 Å². The molecule has 0 fully saturated rings. The lowest BCUT2D eigenvalue weighted by atomic mass is 10.1. The Hall–Kier alpha value is -2.20. The van der Waals surface area contributed by atoms with Gasteiger partial charge in [-0.3, -0.25) is 0 Å². The van der Waals surface area contributed by atoms with Crippen molar-refractivity contribution in [3.8, 4) is 11.4 Å². The van der Waals surface area contributed by atoms with Gasteiger partial charge in [-0.25, -0.2) is 9.37 Å². The fourth-order valence-corrected chi connectivity index (χ4v) is 2.59. The third-order valence-electron chi connectivity index (χ3n) is 3.62. The van der Waals surface area contributed by atoms with Crippen LogP contribution in [0.25, 0.3) is 22.4 Å². The number of rotatable bonds is 3. The van der Waals surface area contributed by atoms with Crippen LogP contribution in [-0.2, 0) is 6.54 Å². The van der Waals surface area contributed by atoms with Gasteiger partial charge in [0.25, 0.3) is 0 Å². The lowest BCUT2D eigenvalue weighted by Crippen LogP contribution is -2.03. The van der Waals surface area contributed by atoms with E-state index in [0.29, 0.717) is 12.1 Å². The molecule has 0 aliphatic heterocycles. The molecule has 1 aromatic heterocycles. The highest BCUT2D eigenvalue weighted by Crippen LogP contribution is 2.28. The van der Waals surface area contributed by atoms with Crippen molar-refractivity contribution in [2.24, 2.45) is 5.73 Å². The highest BCUT2D eigenvalue weighted by atomic mass is 19.1. The van der Waals surface area contributed by atoms with Gasteiger partial charge in [-0.1, -0.05) is 24.3 Å². The molecule has 3 aromatic rings. The number of hydrogen-bond acceptors (Lipinski definition) is 2. The van der Waals surface area contributed by atoms with Gasteiger partial charge in [-0.2, -0.15) is 0 Å². The van der Waals surface area contributed by atoms with Gasteiger partial charge < -0.3 is 10.3 Å². The van der Waals surface area contributed by atoms with Crippen LogP contribution in [0.5, 0.6) is 0 Å². The van der Waals surface area contributed by atoms with Crippen molar-refractivity contribution in [3.63, 3.8) is 0 Å². The molecule has 108 valence electrons. The first kappa shape index (κ1) is 13.8. The number of imidazole rings is 1. The predicted molar refractivity (Wildman–Crippen MR) is 83.4 cm³/mol. The standard InChI is InChI=1S/C17H18FN3/c1-11(2)21-16-8-7-14(18)9-15(16)20-17(21)13-5-3-12(10-19)4-6-13/h3-9,11H,10,19H2,1-2H3. The fraction of sp³-hybridized carbons (Fsp3) is 0.235. The van der Waals surface area contributed by atoms with E-state index in [1.165, 1.54) is 12.1 Å². The smallest absolute Gasteiger partial charge is 0.141 e. The van der Waals surface area contributed by atoms with E-state index in [1.54, 1.807) is 6.07 Å². The second kappa shape index (κ2) is 5.30. The summed E-state index contributed by atoms with van der Waals surface area (Å²) < 4.78 is 15.5. The molecule has 0 radical (unpaired) electrons. The summed E-state index contributed by atoms with van der Waals surface area (Å²) in [6, 6.07) is 13.0. The normalized spacial score (nSPS) is 11.5. The van der Waals surface area contributed by atoms with Gasteiger partial charge in [-0.15, -0.1) is 0 Å². The molecule has 0 amide bonds. The summed E-state index contributed by atoms with van der Waals surface area (Å²) in [5, 5.41) is 0. The maximum absolute atomic E-state index is 13.4. The third-order valence-corrected chi connectivity index (χ3v) is 3.62. The minimum atomic E-state index is -0.263. The molecule has 0 unspecified atom stereocenters. The number of halogens is 1. The Morgan fingerprint density at radius 1 is 1.14 bits per heavy atom. The molecule has 1 heterocycles. The Morgan fingerprint density at radius 2 is 1.86 bits per heavy atom. The van der Waals surface area contributed by atoms with Crippen molar-refractivity contribution < 1.29 is 4.39 Å². The molecular formula is C17H18FN3. The van der Waals surface area contributed by atoms with E-state index in [4.69, 9.17) is 5.73 Å². The van der Waals surface area contributed by atoms with Gasteiger partial charge in [0.15, 0.2) is 0 Å². The van der Waals surface area contributed by atoms with E-state index < -0.39 is 0 Å². The van der Waals surface area contributed by atoms with Crippen molar-refractivity contribution in [2.45, 2.75) is 26.4 Å². The zero-order chi connectivity index (χ0) is 15.0. The summed E-state index contributed by atoms with van der Waals surface area (Å²) in [6.45, 7) is 4.72. The quantitative estimate of drug-likeness (QED) is 0.792. The molecule has 0 saturated heterocycles. The highest BCUT2D eigenvalue weighted by molar-refractivity contribution is 5.81. The topological polar surface area (TPSA) is 43.8 Å². The third kappa shape index (κ3) is 2.43. The molecule has 0 bridgehead atoms. The lowest BCUT2D eigenvalue weighted by Gasteiger charge is -2.13. The van der Waals surface area contributed by atoms with Crippen LogP contribution < -0.4 is 5.73 Å². The fourth-order valence-electron chi connectivity index (χ4n) is 2.59. The summed E-state index contributed by atoms with van der Waals surface area (Å²) >= 11 is 0. The number of aromatic nitrogens is 2. The average molecular weight is 283 g/mol. The summed E-state index contributed by atoms with van der Waals surface area (Å²) in [5.41, 5.74) is 9.35. The number of benzene rings is 2. The van der Waals surface area contributed by atoms with Crippen molar-refractivity contribution >= 4 is 11.0 Å². The van der Waals surface area contributed by atoms with E-state index in [0.717, 1.165) is 22.5 Å². The number of fused-ring (bicyclic) bond motifs is 1. The average Bonchev–Trinajstić information content (AvgIpc) is 2.85. The minimum Gasteiger partial charge on any atom is -0.326 e. The van der Waals surface area contributed by atoms with E-state index >= 15 is 0 Å². The zero-order valence-electron chi connectivity index (χ0n) is 12.2. The van der Waals surface area contributed by atoms with Gasteiger partial charge in [0.1, 0.15) is 11.6 Å². The van der Waals surface area contributed by atoms with Crippen molar-refractivity contribution in [1.82, 2.24) is 9.55 Å². The molecule has 0 aliphatic rings. The minimum absolute atomic E-state index is 0.240. The van der Waals surface area contributed by atoms with Crippen molar-refractivity contribution in [3.05, 3.63) is 53.8 Å². The van der Waals surface area contributed by atoms with Crippen LogP contribution in [0, 0.1) is 5.82 Å². The number of nitrogens with two attached hydrogens (primary N) is 1. The molecule has 0 atom stereocenters. The van der Waals surface area contributed by atoms with Crippen LogP contribution in [0.2, 0.25) is 0 Å². The van der Waals surface area contributed by atoms with Crippen molar-refractivity contribution in [1.29, 1.82) is 0 Å². The first-order valence-electron chi connectivity index (χ1n) is 7.07. The first-order chi connectivity index (χ1) is 10.1. The SMILES string of the molecule is CC(C)n1c(-c2ccc(CN)cc2)nc2cc(F)ccc21. The molecule has 3 rings (SSSR count). The first-order valence-corrected chi connectivity index (χ1v) is 7.07. The number of nitrogens with zero attached hydrogens (tertiary/aromatic N) is 2. The second-order valence-electron chi connectivity index (χ2n) is 5.43. The van der Waals surface area contributed by atoms with Crippen LogP contribution in [0.15, 0.2) is 42.5 Å². The summed E-state index contributed by atoms with van der Waals surface area (Å²) in [5.74, 6) is 0.593. The monoisotopic (exact) mass is 283 g/mol. The predicted octanol–water partition coefficient (Wildman–Crippen LogP) is 3.88. The molecule has 0 spiro atoms. The molecule has 2 aromatic carbocycles. The Labute approximate surface area is 123 Å². The maximum atomic E-state index is 13.4. The largest absolute Gasteiger partial charge is 0.326 e. The van der Waals surface area contributed by atoms with E-state index in [2.05, 4.69) is 23.4 Å². The summed E-state index contributed by atoms with van der Waals surface area (Å²) in [7, 11) is 0. The van der Waals surface area contributed by atoms with Gasteiger partial charge >= 0.3 is 0 Å². The van der Waals surface area contributed by atoms with Crippen LogP contribution in [0.4, 0.5) is 4.39 Å². The molecule has 4 heteroatoms. The maximum Gasteiger partial charge on any atom is 0.141 e.